The van der Waals surface area contributed by atoms with Crippen LogP contribution in [0.5, 0.6) is 0 Å². The lowest BCUT2D eigenvalue weighted by Crippen LogP contribution is -2.60. The van der Waals surface area contributed by atoms with Gasteiger partial charge in [-0.1, -0.05) is 148 Å². The summed E-state index contributed by atoms with van der Waals surface area (Å²) < 4.78 is 58.9. The SMILES string of the molecule is CCCCC/C=C\CCCCCCCCOCC(COC1OC(CO)C(O)C(OS(=O)(=O)O)C1O)OC(=O)CCCCCCCCCCCCCCCC. The fourth-order valence-corrected chi connectivity index (χ4v) is 7.12. The van der Waals surface area contributed by atoms with Crippen LogP contribution in [0.15, 0.2) is 12.2 Å². The third-order valence-corrected chi connectivity index (χ3v) is 10.4. The van der Waals surface area contributed by atoms with Gasteiger partial charge in [0.05, 0.1) is 19.8 Å². The summed E-state index contributed by atoms with van der Waals surface area (Å²) in [5.74, 6) is -0.400. The highest BCUT2D eigenvalue weighted by atomic mass is 32.3. The predicted octanol–water partition coefficient (Wildman–Crippen LogP) is 8.30. The summed E-state index contributed by atoms with van der Waals surface area (Å²) in [6.07, 6.45) is 25.3. The molecule has 0 aliphatic carbocycles. The van der Waals surface area contributed by atoms with Crippen molar-refractivity contribution in [3.8, 4) is 0 Å². The quantitative estimate of drug-likeness (QED) is 0.0205. The van der Waals surface area contributed by atoms with E-state index in [9.17, 15) is 28.5 Å². The Kier molecular flexibility index (Phi) is 32.0. The lowest BCUT2D eigenvalue weighted by molar-refractivity contribution is -0.301. The van der Waals surface area contributed by atoms with Gasteiger partial charge in [0, 0.05) is 13.0 Å². The maximum atomic E-state index is 12.8. The van der Waals surface area contributed by atoms with Crippen molar-refractivity contribution in [1.82, 2.24) is 0 Å². The van der Waals surface area contributed by atoms with Crippen molar-refractivity contribution in [2.75, 3.05) is 26.4 Å². The Morgan fingerprint density at radius 2 is 1.17 bits per heavy atom. The van der Waals surface area contributed by atoms with E-state index in [-0.39, 0.29) is 19.6 Å². The molecule has 6 unspecified atom stereocenters. The van der Waals surface area contributed by atoms with E-state index in [0.29, 0.717) is 13.0 Å². The minimum atomic E-state index is -5.05. The van der Waals surface area contributed by atoms with E-state index in [1.54, 1.807) is 0 Å². The molecule has 0 radical (unpaired) electrons. The molecule has 0 aromatic rings. The lowest BCUT2D eigenvalue weighted by atomic mass is 9.99. The number of carbonyl (C=O) groups excluding carboxylic acids is 1. The summed E-state index contributed by atoms with van der Waals surface area (Å²) in [6.45, 7) is 3.96. The number of aliphatic hydroxyl groups is 3. The van der Waals surface area contributed by atoms with E-state index >= 15 is 0 Å². The van der Waals surface area contributed by atoms with Crippen LogP contribution >= 0.6 is 0 Å². The van der Waals surface area contributed by atoms with Crippen LogP contribution in [0.1, 0.15) is 181 Å². The highest BCUT2D eigenvalue weighted by molar-refractivity contribution is 7.80. The van der Waals surface area contributed by atoms with Crippen LogP contribution in [-0.2, 0) is 38.3 Å². The average Bonchev–Trinajstić information content (AvgIpc) is 3.14. The van der Waals surface area contributed by atoms with Gasteiger partial charge in [-0.15, -0.1) is 0 Å². The molecule has 0 spiro atoms. The molecule has 1 aliphatic heterocycles. The monoisotopic (exact) mass is 795 g/mol. The lowest BCUT2D eigenvalue weighted by Gasteiger charge is -2.41. The summed E-state index contributed by atoms with van der Waals surface area (Å²) in [6, 6.07) is 0. The van der Waals surface area contributed by atoms with Gasteiger partial charge in [-0.3, -0.25) is 9.35 Å². The molecule has 54 heavy (non-hydrogen) atoms. The second kappa shape index (κ2) is 33.9. The number of hydrogen-bond acceptors (Lipinski definition) is 11. The number of ether oxygens (including phenoxy) is 4. The van der Waals surface area contributed by atoms with Gasteiger partial charge in [-0.2, -0.15) is 8.42 Å². The highest BCUT2D eigenvalue weighted by Gasteiger charge is 2.48. The van der Waals surface area contributed by atoms with Crippen molar-refractivity contribution in [2.24, 2.45) is 0 Å². The van der Waals surface area contributed by atoms with Crippen LogP contribution in [-0.4, -0.2) is 97.5 Å². The van der Waals surface area contributed by atoms with Crippen molar-refractivity contribution in [2.45, 2.75) is 218 Å². The smallest absolute Gasteiger partial charge is 0.397 e. The maximum absolute atomic E-state index is 12.8. The molecule has 0 aromatic carbocycles. The van der Waals surface area contributed by atoms with E-state index < -0.39 is 59.8 Å². The van der Waals surface area contributed by atoms with E-state index in [1.807, 2.05) is 0 Å². The minimum Gasteiger partial charge on any atom is -0.457 e. The first kappa shape index (κ1) is 50.9. The van der Waals surface area contributed by atoms with E-state index in [1.165, 1.54) is 109 Å². The molecule has 320 valence electrons. The third kappa shape index (κ3) is 27.4. The molecule has 0 aromatic heterocycles. The first-order chi connectivity index (χ1) is 26.1. The zero-order chi connectivity index (χ0) is 39.7. The number of aliphatic hydroxyl groups excluding tert-OH is 3. The molecule has 0 saturated carbocycles. The van der Waals surface area contributed by atoms with Crippen molar-refractivity contribution in [3.05, 3.63) is 12.2 Å². The maximum Gasteiger partial charge on any atom is 0.397 e. The number of unbranched alkanes of at least 4 members (excludes halogenated alkanes) is 22. The Labute approximate surface area is 328 Å². The normalized spacial score (nSPS) is 21.2. The van der Waals surface area contributed by atoms with Gasteiger partial charge in [-0.25, -0.2) is 4.18 Å². The van der Waals surface area contributed by atoms with Crippen molar-refractivity contribution in [3.63, 3.8) is 0 Å². The van der Waals surface area contributed by atoms with Crippen LogP contribution in [0, 0.1) is 0 Å². The van der Waals surface area contributed by atoms with Gasteiger partial charge in [0.1, 0.15) is 30.5 Å². The molecule has 12 nitrogen and oxygen atoms in total. The number of carbonyl (C=O) groups is 1. The molecular formula is C41H78O12S. The van der Waals surface area contributed by atoms with Gasteiger partial charge in [0.15, 0.2) is 6.29 Å². The summed E-state index contributed by atoms with van der Waals surface area (Å²) in [4.78, 5) is 12.8. The topological polar surface area (TPSA) is 178 Å². The van der Waals surface area contributed by atoms with Gasteiger partial charge in [-0.05, 0) is 38.5 Å². The van der Waals surface area contributed by atoms with Crippen LogP contribution in [0.2, 0.25) is 0 Å². The highest BCUT2D eigenvalue weighted by Crippen LogP contribution is 2.26. The summed E-state index contributed by atoms with van der Waals surface area (Å²) >= 11 is 0. The molecule has 0 amide bonds. The Hall–Kier alpha value is -1.16. The molecule has 1 aliphatic rings. The zero-order valence-electron chi connectivity index (χ0n) is 33.8. The largest absolute Gasteiger partial charge is 0.457 e. The van der Waals surface area contributed by atoms with Crippen LogP contribution in [0.3, 0.4) is 0 Å². The van der Waals surface area contributed by atoms with Gasteiger partial charge < -0.3 is 34.3 Å². The Morgan fingerprint density at radius 1 is 0.685 bits per heavy atom. The van der Waals surface area contributed by atoms with E-state index in [4.69, 9.17) is 23.5 Å². The van der Waals surface area contributed by atoms with Crippen molar-refractivity contribution < 1.29 is 56.2 Å². The van der Waals surface area contributed by atoms with E-state index in [0.717, 1.165) is 44.9 Å². The molecule has 0 bridgehead atoms. The second-order valence-corrected chi connectivity index (χ2v) is 16.0. The number of hydrogen-bond donors (Lipinski definition) is 4. The summed E-state index contributed by atoms with van der Waals surface area (Å²) in [7, 11) is -5.05. The summed E-state index contributed by atoms with van der Waals surface area (Å²) in [5, 5.41) is 30.6. The van der Waals surface area contributed by atoms with E-state index in [2.05, 4.69) is 30.2 Å². The zero-order valence-corrected chi connectivity index (χ0v) is 34.6. The fraction of sp³-hybridized carbons (Fsp3) is 0.927. The molecule has 1 saturated heterocycles. The van der Waals surface area contributed by atoms with Crippen LogP contribution in [0.25, 0.3) is 0 Å². The molecule has 1 fully saturated rings. The first-order valence-electron chi connectivity index (χ1n) is 21.4. The Morgan fingerprint density at radius 3 is 1.70 bits per heavy atom. The molecular weight excluding hydrogens is 717 g/mol. The van der Waals surface area contributed by atoms with Crippen molar-refractivity contribution >= 4 is 16.4 Å². The molecule has 1 heterocycles. The molecule has 6 atom stereocenters. The van der Waals surface area contributed by atoms with Crippen molar-refractivity contribution in [1.29, 1.82) is 0 Å². The second-order valence-electron chi connectivity index (χ2n) is 14.9. The predicted molar refractivity (Wildman–Crippen MR) is 211 cm³/mol. The minimum absolute atomic E-state index is 0.0366. The summed E-state index contributed by atoms with van der Waals surface area (Å²) in [5.41, 5.74) is 0. The number of allylic oxidation sites excluding steroid dienone is 2. The molecule has 4 N–H and O–H groups in total. The molecule has 1 rings (SSSR count). The van der Waals surface area contributed by atoms with Crippen LogP contribution < -0.4 is 0 Å². The molecule has 13 heteroatoms. The standard InChI is InChI=1S/C41H78O12S/c1-3-5-7-9-11-13-15-17-18-20-22-24-26-28-30-37(43)51-35(33-49-31-29-27-25-23-21-19-16-14-12-10-8-6-4-2)34-50-41-39(45)40(53-54(46,47)48)38(44)36(32-42)52-41/h12,14,35-36,38-42,44-45H,3-11,13,15-34H2,1-2H3,(H,46,47,48)/b14-12-. The van der Waals surface area contributed by atoms with Gasteiger partial charge in [0.25, 0.3) is 0 Å². The Bertz CT molecular complexity index is 1010. The fourth-order valence-electron chi connectivity index (χ4n) is 6.61. The Balaban J connectivity index is 2.46. The third-order valence-electron chi connectivity index (χ3n) is 9.89. The van der Waals surface area contributed by atoms with Gasteiger partial charge >= 0.3 is 16.4 Å². The number of esters is 1. The number of rotatable bonds is 37. The average molecular weight is 795 g/mol. The first-order valence-corrected chi connectivity index (χ1v) is 22.8. The van der Waals surface area contributed by atoms with Crippen LogP contribution in [0.4, 0.5) is 0 Å². The van der Waals surface area contributed by atoms with Gasteiger partial charge in [0.2, 0.25) is 0 Å².